The molecule has 1 amide bonds. The number of benzene rings is 2. The molecule has 25 heavy (non-hydrogen) atoms. The standard InChI is InChI=1S/C20H20ClNO3/c1-2-11-22-17(23)12-14-5-3-4-6-16(14)18(20(24)25)19(22)13-7-9-15(21)10-8-13/h3-10,18-19H,2,11-12H2,1H3,(H,24,25). The SMILES string of the molecule is CCCN1C(=O)Cc2ccccc2C(C(=O)O)C1c1ccc(Cl)cc1. The van der Waals surface area contributed by atoms with E-state index >= 15 is 0 Å². The summed E-state index contributed by atoms with van der Waals surface area (Å²) >= 11 is 5.99. The lowest BCUT2D eigenvalue weighted by Crippen LogP contribution is -2.39. The number of rotatable bonds is 4. The molecule has 2 unspecified atom stereocenters. The first-order valence-corrected chi connectivity index (χ1v) is 8.76. The van der Waals surface area contributed by atoms with Crippen LogP contribution >= 0.6 is 11.6 Å². The van der Waals surface area contributed by atoms with Crippen molar-refractivity contribution in [3.63, 3.8) is 0 Å². The summed E-state index contributed by atoms with van der Waals surface area (Å²) in [6.45, 7) is 2.50. The molecule has 0 spiro atoms. The zero-order valence-electron chi connectivity index (χ0n) is 14.0. The number of halogens is 1. The number of carbonyl (C=O) groups excluding carboxylic acids is 1. The van der Waals surface area contributed by atoms with Crippen LogP contribution in [0.15, 0.2) is 48.5 Å². The van der Waals surface area contributed by atoms with Crippen LogP contribution in [0.4, 0.5) is 0 Å². The Hall–Kier alpha value is -2.33. The van der Waals surface area contributed by atoms with Gasteiger partial charge in [0.2, 0.25) is 5.91 Å². The number of hydrogen-bond donors (Lipinski definition) is 1. The summed E-state index contributed by atoms with van der Waals surface area (Å²) in [4.78, 5) is 26.8. The Bertz CT molecular complexity index is 788. The molecular weight excluding hydrogens is 338 g/mol. The monoisotopic (exact) mass is 357 g/mol. The van der Waals surface area contributed by atoms with Gasteiger partial charge in [0.25, 0.3) is 0 Å². The van der Waals surface area contributed by atoms with Gasteiger partial charge in [0.05, 0.1) is 12.5 Å². The molecule has 0 aliphatic carbocycles. The second kappa shape index (κ2) is 7.28. The van der Waals surface area contributed by atoms with Gasteiger partial charge in [0.15, 0.2) is 0 Å². The quantitative estimate of drug-likeness (QED) is 0.898. The van der Waals surface area contributed by atoms with Crippen molar-refractivity contribution in [3.05, 3.63) is 70.2 Å². The molecule has 2 aromatic carbocycles. The Balaban J connectivity index is 2.20. The number of nitrogens with zero attached hydrogens (tertiary/aromatic N) is 1. The van der Waals surface area contributed by atoms with Crippen LogP contribution in [-0.2, 0) is 16.0 Å². The number of hydrogen-bond acceptors (Lipinski definition) is 2. The lowest BCUT2D eigenvalue weighted by atomic mass is 9.85. The van der Waals surface area contributed by atoms with Gasteiger partial charge >= 0.3 is 5.97 Å². The Kier molecular flexibility index (Phi) is 5.09. The van der Waals surface area contributed by atoms with Gasteiger partial charge in [-0.25, -0.2) is 0 Å². The zero-order chi connectivity index (χ0) is 18.0. The van der Waals surface area contributed by atoms with Crippen molar-refractivity contribution in [2.75, 3.05) is 6.54 Å². The summed E-state index contributed by atoms with van der Waals surface area (Å²) in [6.07, 6.45) is 0.989. The minimum absolute atomic E-state index is 0.0435. The van der Waals surface area contributed by atoms with E-state index in [1.165, 1.54) is 0 Å². The van der Waals surface area contributed by atoms with Crippen LogP contribution < -0.4 is 0 Å². The van der Waals surface area contributed by atoms with E-state index in [1.807, 2.05) is 43.3 Å². The van der Waals surface area contributed by atoms with E-state index in [0.717, 1.165) is 17.5 Å². The van der Waals surface area contributed by atoms with Crippen molar-refractivity contribution in [2.45, 2.75) is 31.7 Å². The number of carbonyl (C=O) groups is 2. The fourth-order valence-corrected chi connectivity index (χ4v) is 3.70. The molecule has 5 heteroatoms. The topological polar surface area (TPSA) is 57.6 Å². The molecule has 0 fully saturated rings. The highest BCUT2D eigenvalue weighted by molar-refractivity contribution is 6.30. The molecule has 0 aromatic heterocycles. The summed E-state index contributed by atoms with van der Waals surface area (Å²) in [7, 11) is 0. The van der Waals surface area contributed by atoms with Crippen LogP contribution in [0.25, 0.3) is 0 Å². The Morgan fingerprint density at radius 2 is 1.88 bits per heavy atom. The van der Waals surface area contributed by atoms with E-state index in [4.69, 9.17) is 11.6 Å². The van der Waals surface area contributed by atoms with Gasteiger partial charge in [-0.15, -0.1) is 0 Å². The maximum Gasteiger partial charge on any atom is 0.313 e. The minimum atomic E-state index is -0.928. The van der Waals surface area contributed by atoms with Gasteiger partial charge in [-0.3, -0.25) is 9.59 Å². The van der Waals surface area contributed by atoms with Crippen LogP contribution in [0.1, 0.15) is 42.0 Å². The molecule has 2 aromatic rings. The third-order valence-electron chi connectivity index (χ3n) is 4.65. The largest absolute Gasteiger partial charge is 0.481 e. The lowest BCUT2D eigenvalue weighted by Gasteiger charge is -2.34. The van der Waals surface area contributed by atoms with Gasteiger partial charge in [0, 0.05) is 11.6 Å². The summed E-state index contributed by atoms with van der Waals surface area (Å²) in [6, 6.07) is 13.9. The molecule has 0 radical (unpaired) electrons. The van der Waals surface area contributed by atoms with Gasteiger partial charge in [-0.2, -0.15) is 0 Å². The Morgan fingerprint density at radius 1 is 1.20 bits per heavy atom. The smallest absolute Gasteiger partial charge is 0.313 e. The lowest BCUT2D eigenvalue weighted by molar-refractivity contribution is -0.142. The summed E-state index contributed by atoms with van der Waals surface area (Å²) < 4.78 is 0. The van der Waals surface area contributed by atoms with Gasteiger partial charge in [0.1, 0.15) is 5.92 Å². The van der Waals surface area contributed by atoms with Crippen molar-refractivity contribution in [2.24, 2.45) is 0 Å². The minimum Gasteiger partial charge on any atom is -0.481 e. The Labute approximate surface area is 152 Å². The predicted octanol–water partition coefficient (Wildman–Crippen LogP) is 4.04. The third-order valence-corrected chi connectivity index (χ3v) is 4.90. The second-order valence-corrected chi connectivity index (χ2v) is 6.71. The molecular formula is C20H20ClNO3. The molecule has 130 valence electrons. The predicted molar refractivity (Wildman–Crippen MR) is 96.7 cm³/mol. The molecule has 2 atom stereocenters. The summed E-state index contributed by atoms with van der Waals surface area (Å²) in [5.74, 6) is -1.78. The van der Waals surface area contributed by atoms with Crippen molar-refractivity contribution in [1.82, 2.24) is 4.90 Å². The van der Waals surface area contributed by atoms with Gasteiger partial charge in [-0.1, -0.05) is 54.9 Å². The van der Waals surface area contributed by atoms with Crippen LogP contribution in [0.3, 0.4) is 0 Å². The van der Waals surface area contributed by atoms with E-state index in [2.05, 4.69) is 0 Å². The molecule has 0 saturated heterocycles. The Morgan fingerprint density at radius 3 is 2.52 bits per heavy atom. The normalized spacial score (nSPS) is 20.1. The van der Waals surface area contributed by atoms with Gasteiger partial charge in [-0.05, 0) is 35.2 Å². The fourth-order valence-electron chi connectivity index (χ4n) is 3.57. The molecule has 3 rings (SSSR count). The average molecular weight is 358 g/mol. The van der Waals surface area contributed by atoms with Gasteiger partial charge < -0.3 is 10.0 Å². The van der Waals surface area contributed by atoms with Crippen molar-refractivity contribution in [3.8, 4) is 0 Å². The highest BCUT2D eigenvalue weighted by Gasteiger charge is 2.41. The highest BCUT2D eigenvalue weighted by atomic mass is 35.5. The number of carboxylic acid groups (broad SMARTS) is 1. The van der Waals surface area contributed by atoms with Crippen LogP contribution in [0.5, 0.6) is 0 Å². The molecule has 0 saturated carbocycles. The maximum absolute atomic E-state index is 12.9. The maximum atomic E-state index is 12.9. The summed E-state index contributed by atoms with van der Waals surface area (Å²) in [5.41, 5.74) is 2.29. The number of amides is 1. The van der Waals surface area contributed by atoms with Crippen LogP contribution in [-0.4, -0.2) is 28.4 Å². The fraction of sp³-hybridized carbons (Fsp3) is 0.300. The van der Waals surface area contributed by atoms with E-state index in [9.17, 15) is 14.7 Å². The summed E-state index contributed by atoms with van der Waals surface area (Å²) in [5, 5.41) is 10.6. The first kappa shape index (κ1) is 17.5. The molecule has 1 aliphatic heterocycles. The molecule has 1 N–H and O–H groups in total. The van der Waals surface area contributed by atoms with E-state index in [-0.39, 0.29) is 12.3 Å². The molecule has 1 heterocycles. The number of aliphatic carboxylic acids is 1. The first-order valence-electron chi connectivity index (χ1n) is 8.38. The van der Waals surface area contributed by atoms with Crippen LogP contribution in [0.2, 0.25) is 5.02 Å². The molecule has 4 nitrogen and oxygen atoms in total. The first-order chi connectivity index (χ1) is 12.0. The van der Waals surface area contributed by atoms with Crippen molar-refractivity contribution in [1.29, 1.82) is 0 Å². The number of carboxylic acids is 1. The number of fused-ring (bicyclic) bond motifs is 1. The van der Waals surface area contributed by atoms with E-state index < -0.39 is 17.9 Å². The van der Waals surface area contributed by atoms with E-state index in [0.29, 0.717) is 17.1 Å². The van der Waals surface area contributed by atoms with Crippen LogP contribution in [0, 0.1) is 0 Å². The third kappa shape index (κ3) is 3.40. The zero-order valence-corrected chi connectivity index (χ0v) is 14.7. The molecule has 0 bridgehead atoms. The average Bonchev–Trinajstić information content (AvgIpc) is 2.71. The highest BCUT2D eigenvalue weighted by Crippen LogP contribution is 2.41. The molecule has 1 aliphatic rings. The van der Waals surface area contributed by atoms with Crippen molar-refractivity contribution < 1.29 is 14.7 Å². The van der Waals surface area contributed by atoms with Crippen molar-refractivity contribution >= 4 is 23.5 Å². The second-order valence-electron chi connectivity index (χ2n) is 6.28. The van der Waals surface area contributed by atoms with E-state index in [1.54, 1.807) is 17.0 Å².